The Morgan fingerprint density at radius 3 is 2.00 bits per heavy atom. The smallest absolute Gasteiger partial charge is 0 e. The van der Waals surface area contributed by atoms with Crippen molar-refractivity contribution in [3.05, 3.63) is 0 Å². The zero-order chi connectivity index (χ0) is 4.12. The van der Waals surface area contributed by atoms with E-state index in [0.29, 0.717) is 0 Å². The molecule has 2 heteroatoms. The Balaban J connectivity index is 0. The molecule has 6 heavy (non-hydrogen) atoms. The van der Waals surface area contributed by atoms with E-state index in [4.69, 9.17) is 0 Å². The predicted molar refractivity (Wildman–Crippen MR) is 33.8 cm³/mol. The molecule has 0 aromatic carbocycles. The maximum Gasteiger partial charge on any atom is 0 e. The van der Waals surface area contributed by atoms with Gasteiger partial charge in [0.05, 0.1) is 0 Å². The molecule has 0 N–H and O–H groups in total. The van der Waals surface area contributed by atoms with Crippen LogP contribution in [0.1, 0.15) is 19.8 Å². The molecule has 0 aliphatic carbocycles. The van der Waals surface area contributed by atoms with Crippen molar-refractivity contribution in [3.63, 3.8) is 0 Å². The monoisotopic (exact) mass is 248 g/mol. The molecule has 0 fully saturated rings. The number of halogens is 1. The Morgan fingerprint density at radius 1 is 1.50 bits per heavy atom. The number of hydrogen-bond acceptors (Lipinski definition) is 0. The standard InChI is InChI=1S/C4H9I.Zn/c1-2-3-4-5;/h2-4H2,1H3;. The van der Waals surface area contributed by atoms with Crippen molar-refractivity contribution in [2.24, 2.45) is 0 Å². The molecule has 0 rings (SSSR count). The van der Waals surface area contributed by atoms with Crippen LogP contribution in [0.25, 0.3) is 0 Å². The van der Waals surface area contributed by atoms with E-state index in [0.717, 1.165) is 0 Å². The predicted octanol–water partition coefficient (Wildman–Crippen LogP) is 2.22. The van der Waals surface area contributed by atoms with Gasteiger partial charge in [0.15, 0.2) is 0 Å². The molecule has 0 nitrogen and oxygen atoms in total. The minimum atomic E-state index is 0. The Labute approximate surface area is 66.0 Å². The summed E-state index contributed by atoms with van der Waals surface area (Å²) in [4.78, 5) is 0. The van der Waals surface area contributed by atoms with Gasteiger partial charge in [0.2, 0.25) is 0 Å². The SMILES string of the molecule is CCCCI.[Zn]. The molecule has 0 aromatic heterocycles. The molecule has 0 aliphatic heterocycles. The van der Waals surface area contributed by atoms with Crippen LogP contribution in [-0.4, -0.2) is 4.43 Å². The molecular weight excluding hydrogens is 240 g/mol. The molecule has 0 saturated carbocycles. The summed E-state index contributed by atoms with van der Waals surface area (Å²) in [6, 6.07) is 0. The van der Waals surface area contributed by atoms with Crippen LogP contribution in [0.4, 0.5) is 0 Å². The number of hydrogen-bond donors (Lipinski definition) is 0. The van der Waals surface area contributed by atoms with Gasteiger partial charge in [0.25, 0.3) is 0 Å². The molecule has 0 amide bonds. The summed E-state index contributed by atoms with van der Waals surface area (Å²) in [5, 5.41) is 0. The van der Waals surface area contributed by atoms with Crippen molar-refractivity contribution < 1.29 is 19.5 Å². The first-order chi connectivity index (χ1) is 2.41. The Morgan fingerprint density at radius 2 is 2.00 bits per heavy atom. The van der Waals surface area contributed by atoms with E-state index < -0.39 is 0 Å². The molecule has 0 bridgehead atoms. The van der Waals surface area contributed by atoms with E-state index >= 15 is 0 Å². The molecule has 34 valence electrons. The summed E-state index contributed by atoms with van der Waals surface area (Å²) in [5.74, 6) is 0. The van der Waals surface area contributed by atoms with E-state index in [1.165, 1.54) is 17.3 Å². The maximum atomic E-state index is 2.39. The molecule has 0 aromatic rings. The third-order valence-corrected chi connectivity index (χ3v) is 1.25. The molecule has 0 spiro atoms. The van der Waals surface area contributed by atoms with E-state index in [9.17, 15) is 0 Å². The second-order valence-corrected chi connectivity index (χ2v) is 2.12. The Hall–Kier alpha value is 1.35. The fourth-order valence-electron chi connectivity index (χ4n) is 0.134. The van der Waals surface area contributed by atoms with Gasteiger partial charge < -0.3 is 0 Å². The second-order valence-electron chi connectivity index (χ2n) is 1.04. The van der Waals surface area contributed by atoms with Gasteiger partial charge in [-0.1, -0.05) is 35.9 Å². The van der Waals surface area contributed by atoms with Gasteiger partial charge in [-0.15, -0.1) is 0 Å². The van der Waals surface area contributed by atoms with E-state index in [1.54, 1.807) is 0 Å². The van der Waals surface area contributed by atoms with Gasteiger partial charge in [-0.05, 0) is 10.8 Å². The maximum absolute atomic E-state index is 2.39. The van der Waals surface area contributed by atoms with E-state index in [1.807, 2.05) is 0 Å². The first-order valence-electron chi connectivity index (χ1n) is 1.97. The average molecular weight is 249 g/mol. The quantitative estimate of drug-likeness (QED) is 0.400. The van der Waals surface area contributed by atoms with Gasteiger partial charge >= 0.3 is 0 Å². The normalized spacial score (nSPS) is 7.00. The Bertz CT molecular complexity index is 15.0. The van der Waals surface area contributed by atoms with Crippen LogP contribution in [0.5, 0.6) is 0 Å². The minimum Gasteiger partial charge on any atom is -0.0864 e. The first-order valence-corrected chi connectivity index (χ1v) is 3.50. The van der Waals surface area contributed by atoms with Crippen LogP contribution in [0.15, 0.2) is 0 Å². The summed E-state index contributed by atoms with van der Waals surface area (Å²) in [7, 11) is 0. The van der Waals surface area contributed by atoms with Crippen LogP contribution >= 0.6 is 22.6 Å². The van der Waals surface area contributed by atoms with Gasteiger partial charge in [0, 0.05) is 19.5 Å². The van der Waals surface area contributed by atoms with Crippen LogP contribution in [-0.2, 0) is 19.5 Å². The van der Waals surface area contributed by atoms with Crippen molar-refractivity contribution in [3.8, 4) is 0 Å². The summed E-state index contributed by atoms with van der Waals surface area (Å²) < 4.78 is 1.31. The number of rotatable bonds is 2. The van der Waals surface area contributed by atoms with Crippen LogP contribution in [0, 0.1) is 0 Å². The van der Waals surface area contributed by atoms with Crippen LogP contribution in [0.2, 0.25) is 0 Å². The molecule has 0 unspecified atom stereocenters. The van der Waals surface area contributed by atoms with Crippen molar-refractivity contribution >= 4 is 22.6 Å². The average Bonchev–Trinajstić information content (AvgIpc) is 1.41. The summed E-state index contributed by atoms with van der Waals surface area (Å²) in [5.41, 5.74) is 0. The molecule has 0 aliphatic rings. The molecule has 0 heterocycles. The molecule has 0 atom stereocenters. The fraction of sp³-hybridized carbons (Fsp3) is 1.00. The van der Waals surface area contributed by atoms with Crippen LogP contribution < -0.4 is 0 Å². The largest absolute Gasteiger partial charge is 0.0864 e. The van der Waals surface area contributed by atoms with E-state index in [-0.39, 0.29) is 19.5 Å². The fourth-order valence-corrected chi connectivity index (χ4v) is 0.896. The zero-order valence-corrected chi connectivity index (χ0v) is 9.33. The van der Waals surface area contributed by atoms with E-state index in [2.05, 4.69) is 29.5 Å². The zero-order valence-electron chi connectivity index (χ0n) is 4.21. The van der Waals surface area contributed by atoms with Crippen LogP contribution in [0.3, 0.4) is 0 Å². The summed E-state index contributed by atoms with van der Waals surface area (Å²) >= 11 is 2.39. The molecular formula is C4H9IZn. The van der Waals surface area contributed by atoms with Gasteiger partial charge in [-0.2, -0.15) is 0 Å². The molecule has 0 radical (unpaired) electrons. The topological polar surface area (TPSA) is 0 Å². The third kappa shape index (κ3) is 9.02. The number of alkyl halides is 1. The molecule has 0 saturated heterocycles. The summed E-state index contributed by atoms with van der Waals surface area (Å²) in [6.45, 7) is 2.21. The number of unbranched alkanes of at least 4 members (excludes halogenated alkanes) is 1. The summed E-state index contributed by atoms with van der Waals surface area (Å²) in [6.07, 6.45) is 2.71. The minimum absolute atomic E-state index is 0. The Kier molecular flexibility index (Phi) is 16.6. The van der Waals surface area contributed by atoms with Crippen molar-refractivity contribution in [1.82, 2.24) is 0 Å². The first kappa shape index (κ1) is 10.4. The van der Waals surface area contributed by atoms with Gasteiger partial charge in [0.1, 0.15) is 0 Å². The van der Waals surface area contributed by atoms with Crippen molar-refractivity contribution in [2.45, 2.75) is 19.8 Å². The third-order valence-electron chi connectivity index (χ3n) is 0.487. The van der Waals surface area contributed by atoms with Crippen molar-refractivity contribution in [1.29, 1.82) is 0 Å². The van der Waals surface area contributed by atoms with Crippen molar-refractivity contribution in [2.75, 3.05) is 4.43 Å². The van der Waals surface area contributed by atoms with Gasteiger partial charge in [-0.25, -0.2) is 0 Å². The second kappa shape index (κ2) is 9.61. The van der Waals surface area contributed by atoms with Gasteiger partial charge in [-0.3, -0.25) is 0 Å².